The topological polar surface area (TPSA) is 71.0 Å². The molecule has 0 bridgehead atoms. The Labute approximate surface area is 191 Å². The summed E-state index contributed by atoms with van der Waals surface area (Å²) in [5.41, 5.74) is 3.39. The molecular weight excluding hydrogens is 402 g/mol. The van der Waals surface area contributed by atoms with Gasteiger partial charge in [0.15, 0.2) is 5.96 Å². The van der Waals surface area contributed by atoms with Crippen molar-refractivity contribution < 1.29 is 9.47 Å². The molecule has 172 valence electrons. The molecule has 0 spiro atoms. The van der Waals surface area contributed by atoms with Gasteiger partial charge in [-0.25, -0.2) is 4.99 Å². The number of likely N-dealkylation sites (tertiary alicyclic amines) is 1. The summed E-state index contributed by atoms with van der Waals surface area (Å²) >= 11 is 0. The van der Waals surface area contributed by atoms with E-state index in [1.54, 1.807) is 7.11 Å². The van der Waals surface area contributed by atoms with Crippen LogP contribution in [-0.2, 0) is 19.5 Å². The Morgan fingerprint density at radius 1 is 1.28 bits per heavy atom. The zero-order valence-electron chi connectivity index (χ0n) is 19.4. The minimum Gasteiger partial charge on any atom is -0.496 e. The van der Waals surface area contributed by atoms with E-state index >= 15 is 0 Å². The second kappa shape index (κ2) is 10.7. The van der Waals surface area contributed by atoms with Gasteiger partial charge in [-0.3, -0.25) is 9.88 Å². The number of ether oxygens (including phenoxy) is 2. The van der Waals surface area contributed by atoms with Crippen molar-refractivity contribution in [2.75, 3.05) is 26.7 Å². The molecule has 1 atom stereocenters. The van der Waals surface area contributed by atoms with E-state index in [2.05, 4.69) is 58.6 Å². The van der Waals surface area contributed by atoms with Crippen LogP contribution in [0.4, 0.5) is 0 Å². The Kier molecular flexibility index (Phi) is 7.47. The van der Waals surface area contributed by atoms with Crippen LogP contribution in [0.25, 0.3) is 0 Å². The maximum atomic E-state index is 5.93. The van der Waals surface area contributed by atoms with Crippen LogP contribution in [0, 0.1) is 0 Å². The summed E-state index contributed by atoms with van der Waals surface area (Å²) in [6, 6.07) is 10.7. The number of rotatable bonds is 7. The third-order valence-corrected chi connectivity index (χ3v) is 6.09. The number of piperidine rings is 1. The fraction of sp³-hybridized carbons (Fsp3) is 0.520. The Bertz CT molecular complexity index is 910. The van der Waals surface area contributed by atoms with Crippen LogP contribution in [0.2, 0.25) is 0 Å². The highest BCUT2D eigenvalue weighted by molar-refractivity contribution is 5.80. The number of aliphatic imine (C=N–C) groups is 1. The van der Waals surface area contributed by atoms with E-state index in [0.717, 1.165) is 74.2 Å². The second-order valence-corrected chi connectivity index (χ2v) is 8.62. The number of hydrogen-bond donors (Lipinski definition) is 2. The molecule has 7 heteroatoms. The first-order chi connectivity index (χ1) is 15.6. The van der Waals surface area contributed by atoms with Crippen molar-refractivity contribution in [2.24, 2.45) is 4.99 Å². The van der Waals surface area contributed by atoms with E-state index in [-0.39, 0.29) is 6.10 Å². The first-order valence-corrected chi connectivity index (χ1v) is 11.7. The molecule has 0 aliphatic carbocycles. The molecule has 1 fully saturated rings. The second-order valence-electron chi connectivity index (χ2n) is 8.62. The SMILES string of the molecule is CCNC(=NCc1cc2c(cc1OC)CC(C)O2)NC1CCN(Cc2ccccn2)CC1. The van der Waals surface area contributed by atoms with Gasteiger partial charge in [-0.2, -0.15) is 0 Å². The largest absolute Gasteiger partial charge is 0.496 e. The molecule has 4 rings (SSSR count). The number of benzene rings is 1. The molecule has 0 saturated carbocycles. The Hall–Kier alpha value is -2.80. The molecule has 0 radical (unpaired) electrons. The molecule has 7 nitrogen and oxygen atoms in total. The molecule has 1 saturated heterocycles. The predicted molar refractivity (Wildman–Crippen MR) is 127 cm³/mol. The van der Waals surface area contributed by atoms with Crippen LogP contribution in [0.15, 0.2) is 41.5 Å². The summed E-state index contributed by atoms with van der Waals surface area (Å²) in [6.45, 7) is 8.59. The summed E-state index contributed by atoms with van der Waals surface area (Å²) in [5.74, 6) is 2.69. The smallest absolute Gasteiger partial charge is 0.191 e. The summed E-state index contributed by atoms with van der Waals surface area (Å²) in [5, 5.41) is 7.02. The molecule has 1 aromatic heterocycles. The van der Waals surface area contributed by atoms with Crippen LogP contribution in [0.5, 0.6) is 11.5 Å². The number of nitrogens with one attached hydrogen (secondary N) is 2. The predicted octanol–water partition coefficient (Wildman–Crippen LogP) is 3.13. The van der Waals surface area contributed by atoms with Crippen LogP contribution in [0.1, 0.15) is 43.5 Å². The highest BCUT2D eigenvalue weighted by Crippen LogP contribution is 2.35. The van der Waals surface area contributed by atoms with Gasteiger partial charge in [0.1, 0.15) is 17.6 Å². The molecule has 32 heavy (non-hydrogen) atoms. The molecule has 2 aliphatic rings. The average Bonchev–Trinajstić information content (AvgIpc) is 3.17. The number of pyridine rings is 1. The third kappa shape index (κ3) is 5.71. The number of nitrogens with zero attached hydrogens (tertiary/aromatic N) is 3. The highest BCUT2D eigenvalue weighted by atomic mass is 16.5. The summed E-state index contributed by atoms with van der Waals surface area (Å²) < 4.78 is 11.6. The average molecular weight is 438 g/mol. The lowest BCUT2D eigenvalue weighted by molar-refractivity contribution is 0.196. The minimum absolute atomic E-state index is 0.219. The highest BCUT2D eigenvalue weighted by Gasteiger charge is 2.22. The summed E-state index contributed by atoms with van der Waals surface area (Å²) in [7, 11) is 1.72. The zero-order chi connectivity index (χ0) is 22.3. The number of guanidine groups is 1. The van der Waals surface area contributed by atoms with Gasteiger partial charge in [0.2, 0.25) is 0 Å². The molecule has 1 unspecified atom stereocenters. The van der Waals surface area contributed by atoms with Gasteiger partial charge in [-0.1, -0.05) is 6.07 Å². The lowest BCUT2D eigenvalue weighted by Gasteiger charge is -2.32. The van der Waals surface area contributed by atoms with Gasteiger partial charge in [-0.15, -0.1) is 0 Å². The maximum absolute atomic E-state index is 5.93. The van der Waals surface area contributed by atoms with Gasteiger partial charge < -0.3 is 20.1 Å². The van der Waals surface area contributed by atoms with Crippen molar-refractivity contribution in [1.29, 1.82) is 0 Å². The monoisotopic (exact) mass is 437 g/mol. The molecule has 2 aliphatic heterocycles. The lowest BCUT2D eigenvalue weighted by atomic mass is 10.0. The number of fused-ring (bicyclic) bond motifs is 1. The normalized spacial score (nSPS) is 19.3. The Morgan fingerprint density at radius 3 is 2.84 bits per heavy atom. The molecule has 0 amide bonds. The number of hydrogen-bond acceptors (Lipinski definition) is 5. The molecule has 2 N–H and O–H groups in total. The number of methoxy groups -OCH3 is 1. The van der Waals surface area contributed by atoms with Crippen molar-refractivity contribution in [2.45, 2.75) is 58.3 Å². The first kappa shape index (κ1) is 22.4. The van der Waals surface area contributed by atoms with E-state index in [0.29, 0.717) is 12.6 Å². The maximum Gasteiger partial charge on any atom is 0.191 e. The van der Waals surface area contributed by atoms with Crippen LogP contribution in [-0.4, -0.2) is 54.7 Å². The Morgan fingerprint density at radius 2 is 2.12 bits per heavy atom. The van der Waals surface area contributed by atoms with Crippen molar-refractivity contribution in [3.63, 3.8) is 0 Å². The molecule has 1 aromatic carbocycles. The van der Waals surface area contributed by atoms with Gasteiger partial charge in [0.25, 0.3) is 0 Å². The summed E-state index contributed by atoms with van der Waals surface area (Å²) in [6.07, 6.45) is 5.19. The standard InChI is InChI=1S/C25H35N5O2/c1-4-26-25(28-16-20-15-24-19(13-18(2)32-24)14-23(20)31-3)29-21-8-11-30(12-9-21)17-22-7-5-6-10-27-22/h5-7,10,14-15,18,21H,4,8-9,11-13,16-17H2,1-3H3,(H2,26,28,29). The number of aromatic nitrogens is 1. The van der Waals surface area contributed by atoms with E-state index in [9.17, 15) is 0 Å². The van der Waals surface area contributed by atoms with Crippen molar-refractivity contribution in [3.05, 3.63) is 53.3 Å². The van der Waals surface area contributed by atoms with Gasteiger partial charge in [0, 0.05) is 56.0 Å². The fourth-order valence-electron chi connectivity index (χ4n) is 4.43. The van der Waals surface area contributed by atoms with E-state index in [1.807, 2.05) is 12.3 Å². The van der Waals surface area contributed by atoms with Crippen LogP contribution >= 0.6 is 0 Å². The van der Waals surface area contributed by atoms with Crippen molar-refractivity contribution in [3.8, 4) is 11.5 Å². The van der Waals surface area contributed by atoms with Gasteiger partial charge in [0.05, 0.1) is 19.3 Å². The summed E-state index contributed by atoms with van der Waals surface area (Å²) in [4.78, 5) is 11.8. The van der Waals surface area contributed by atoms with Crippen LogP contribution in [0.3, 0.4) is 0 Å². The Balaban J connectivity index is 1.35. The third-order valence-electron chi connectivity index (χ3n) is 6.09. The minimum atomic E-state index is 0.219. The first-order valence-electron chi connectivity index (χ1n) is 11.7. The van der Waals surface area contributed by atoms with Crippen LogP contribution < -0.4 is 20.1 Å². The van der Waals surface area contributed by atoms with Gasteiger partial charge >= 0.3 is 0 Å². The molecule has 3 heterocycles. The van der Waals surface area contributed by atoms with E-state index < -0.39 is 0 Å². The van der Waals surface area contributed by atoms with Crippen molar-refractivity contribution in [1.82, 2.24) is 20.5 Å². The lowest BCUT2D eigenvalue weighted by Crippen LogP contribution is -2.48. The van der Waals surface area contributed by atoms with Gasteiger partial charge in [-0.05, 0) is 51.0 Å². The van der Waals surface area contributed by atoms with E-state index in [4.69, 9.17) is 14.5 Å². The van der Waals surface area contributed by atoms with E-state index in [1.165, 1.54) is 5.56 Å². The molecular formula is C25H35N5O2. The molecule has 2 aromatic rings. The zero-order valence-corrected chi connectivity index (χ0v) is 19.4. The fourth-order valence-corrected chi connectivity index (χ4v) is 4.43. The van der Waals surface area contributed by atoms with Crippen molar-refractivity contribution >= 4 is 5.96 Å². The quantitative estimate of drug-likeness (QED) is 0.512.